The number of benzene rings is 2. The number of rotatable bonds is 4. The Morgan fingerprint density at radius 2 is 1.86 bits per heavy atom. The molecule has 2 aromatic rings. The summed E-state index contributed by atoms with van der Waals surface area (Å²) in [4.78, 5) is 11.4. The number of primary amides is 1. The van der Waals surface area contributed by atoms with Gasteiger partial charge in [-0.15, -0.1) is 0 Å². The van der Waals surface area contributed by atoms with E-state index in [1.807, 2.05) is 0 Å². The van der Waals surface area contributed by atoms with Crippen LogP contribution in [0, 0.1) is 17.5 Å². The SMILES string of the molecule is CC(Nc1cc(Br)cc(F)c1C(N)=O)c1ccc(F)cc1F. The van der Waals surface area contributed by atoms with Crippen molar-refractivity contribution in [2.45, 2.75) is 13.0 Å². The summed E-state index contributed by atoms with van der Waals surface area (Å²) in [5.41, 5.74) is 5.15. The number of carbonyl (C=O) groups is 1. The molecule has 0 saturated carbocycles. The highest BCUT2D eigenvalue weighted by molar-refractivity contribution is 9.10. The van der Waals surface area contributed by atoms with Crippen molar-refractivity contribution in [3.8, 4) is 0 Å². The van der Waals surface area contributed by atoms with Crippen LogP contribution < -0.4 is 11.1 Å². The number of halogens is 4. The zero-order valence-corrected chi connectivity index (χ0v) is 13.0. The van der Waals surface area contributed by atoms with E-state index < -0.39 is 29.4 Å². The van der Waals surface area contributed by atoms with Crippen LogP contribution in [-0.4, -0.2) is 5.91 Å². The van der Waals surface area contributed by atoms with Gasteiger partial charge in [-0.2, -0.15) is 0 Å². The molecule has 22 heavy (non-hydrogen) atoms. The molecule has 0 bridgehead atoms. The molecule has 0 fully saturated rings. The zero-order valence-electron chi connectivity index (χ0n) is 11.5. The van der Waals surface area contributed by atoms with Crippen molar-refractivity contribution in [2.75, 3.05) is 5.32 Å². The van der Waals surface area contributed by atoms with Gasteiger partial charge in [0.2, 0.25) is 0 Å². The van der Waals surface area contributed by atoms with Gasteiger partial charge in [0.1, 0.15) is 17.5 Å². The average molecular weight is 373 g/mol. The van der Waals surface area contributed by atoms with Gasteiger partial charge >= 0.3 is 0 Å². The lowest BCUT2D eigenvalue weighted by atomic mass is 10.1. The lowest BCUT2D eigenvalue weighted by molar-refractivity contribution is 0.0997. The second kappa shape index (κ2) is 6.39. The number of hydrogen-bond donors (Lipinski definition) is 2. The molecule has 2 rings (SSSR count). The third-order valence-corrected chi connectivity index (χ3v) is 3.56. The fourth-order valence-corrected chi connectivity index (χ4v) is 2.53. The van der Waals surface area contributed by atoms with Gasteiger partial charge < -0.3 is 11.1 Å². The average Bonchev–Trinajstić information content (AvgIpc) is 2.36. The Bertz CT molecular complexity index is 737. The molecule has 7 heteroatoms. The van der Waals surface area contributed by atoms with Crippen LogP contribution >= 0.6 is 15.9 Å². The molecule has 0 saturated heterocycles. The molecule has 1 amide bonds. The molecule has 0 heterocycles. The zero-order chi connectivity index (χ0) is 16.4. The van der Waals surface area contributed by atoms with Crippen molar-refractivity contribution >= 4 is 27.5 Å². The molecule has 0 aromatic heterocycles. The maximum Gasteiger partial charge on any atom is 0.253 e. The van der Waals surface area contributed by atoms with Gasteiger partial charge in [-0.1, -0.05) is 22.0 Å². The Labute approximate surface area is 133 Å². The van der Waals surface area contributed by atoms with Crippen LogP contribution in [0.15, 0.2) is 34.8 Å². The van der Waals surface area contributed by atoms with Crippen molar-refractivity contribution in [1.29, 1.82) is 0 Å². The maximum absolute atomic E-state index is 13.9. The van der Waals surface area contributed by atoms with Gasteiger partial charge in [-0.25, -0.2) is 13.2 Å². The summed E-state index contributed by atoms with van der Waals surface area (Å²) in [5.74, 6) is -3.17. The maximum atomic E-state index is 13.9. The third-order valence-electron chi connectivity index (χ3n) is 3.10. The molecular weight excluding hydrogens is 361 g/mol. The van der Waals surface area contributed by atoms with Gasteiger partial charge in [-0.3, -0.25) is 4.79 Å². The van der Waals surface area contributed by atoms with Crippen LogP contribution in [-0.2, 0) is 0 Å². The predicted molar refractivity (Wildman–Crippen MR) is 81.0 cm³/mol. The summed E-state index contributed by atoms with van der Waals surface area (Å²) in [7, 11) is 0. The van der Waals surface area contributed by atoms with Gasteiger partial charge in [0.05, 0.1) is 17.3 Å². The molecule has 0 aliphatic rings. The molecule has 0 radical (unpaired) electrons. The van der Waals surface area contributed by atoms with Crippen molar-refractivity contribution in [3.05, 3.63) is 63.4 Å². The third kappa shape index (κ3) is 3.41. The topological polar surface area (TPSA) is 55.1 Å². The van der Waals surface area contributed by atoms with E-state index in [1.54, 1.807) is 6.92 Å². The molecule has 0 aliphatic heterocycles. The second-order valence-electron chi connectivity index (χ2n) is 4.71. The van der Waals surface area contributed by atoms with E-state index in [2.05, 4.69) is 21.2 Å². The highest BCUT2D eigenvalue weighted by Crippen LogP contribution is 2.29. The smallest absolute Gasteiger partial charge is 0.253 e. The summed E-state index contributed by atoms with van der Waals surface area (Å²) in [5, 5.41) is 2.82. The van der Waals surface area contributed by atoms with Crippen LogP contribution in [0.5, 0.6) is 0 Å². The first-order valence-electron chi connectivity index (χ1n) is 6.30. The number of nitrogens with two attached hydrogens (primary N) is 1. The van der Waals surface area contributed by atoms with Crippen molar-refractivity contribution < 1.29 is 18.0 Å². The van der Waals surface area contributed by atoms with E-state index in [4.69, 9.17) is 5.73 Å². The molecule has 3 nitrogen and oxygen atoms in total. The van der Waals surface area contributed by atoms with Crippen molar-refractivity contribution in [2.24, 2.45) is 5.73 Å². The summed E-state index contributed by atoms with van der Waals surface area (Å²) in [6, 6.07) is 5.08. The minimum Gasteiger partial charge on any atom is -0.378 e. The summed E-state index contributed by atoms with van der Waals surface area (Å²) >= 11 is 3.11. The van der Waals surface area contributed by atoms with Crippen LogP contribution in [0.4, 0.5) is 18.9 Å². The largest absolute Gasteiger partial charge is 0.378 e. The van der Waals surface area contributed by atoms with Crippen LogP contribution in [0.25, 0.3) is 0 Å². The minimum absolute atomic E-state index is 0.121. The summed E-state index contributed by atoms with van der Waals surface area (Å²) < 4.78 is 40.9. The standard InChI is InChI=1S/C15H12BrF3N2O/c1-7(10-3-2-9(17)6-11(10)18)21-13-5-8(16)4-12(19)14(13)15(20)22/h2-7,21H,1H3,(H2,20,22). The Balaban J connectivity index is 2.39. The Morgan fingerprint density at radius 1 is 1.18 bits per heavy atom. The highest BCUT2D eigenvalue weighted by Gasteiger charge is 2.19. The van der Waals surface area contributed by atoms with Gasteiger partial charge in [-0.05, 0) is 25.1 Å². The number of nitrogens with one attached hydrogen (secondary N) is 1. The molecule has 116 valence electrons. The first-order valence-corrected chi connectivity index (χ1v) is 7.09. The summed E-state index contributed by atoms with van der Waals surface area (Å²) in [6.45, 7) is 1.60. The van der Waals surface area contributed by atoms with E-state index in [-0.39, 0.29) is 16.8 Å². The van der Waals surface area contributed by atoms with Crippen LogP contribution in [0.3, 0.4) is 0 Å². The molecule has 2 aromatic carbocycles. The lowest BCUT2D eigenvalue weighted by Gasteiger charge is -2.19. The number of anilines is 1. The molecule has 0 spiro atoms. The van der Waals surface area contributed by atoms with Gasteiger partial charge in [0.25, 0.3) is 5.91 Å². The fourth-order valence-electron chi connectivity index (χ4n) is 2.10. The van der Waals surface area contributed by atoms with Gasteiger partial charge in [0.15, 0.2) is 0 Å². The first-order chi connectivity index (χ1) is 10.3. The van der Waals surface area contributed by atoms with E-state index in [0.717, 1.165) is 18.2 Å². The van der Waals surface area contributed by atoms with Crippen molar-refractivity contribution in [1.82, 2.24) is 0 Å². The molecular formula is C15H12BrF3N2O. The van der Waals surface area contributed by atoms with Crippen LogP contribution in [0.2, 0.25) is 0 Å². The first kappa shape index (κ1) is 16.4. The Kier molecular flexibility index (Phi) is 4.75. The molecule has 1 unspecified atom stereocenters. The number of amides is 1. The van der Waals surface area contributed by atoms with Crippen molar-refractivity contribution in [3.63, 3.8) is 0 Å². The number of hydrogen-bond acceptors (Lipinski definition) is 2. The highest BCUT2D eigenvalue weighted by atomic mass is 79.9. The van der Waals surface area contributed by atoms with E-state index in [9.17, 15) is 18.0 Å². The summed E-state index contributed by atoms with van der Waals surface area (Å²) in [6.07, 6.45) is 0. The Morgan fingerprint density at radius 3 is 2.45 bits per heavy atom. The van der Waals surface area contributed by atoms with E-state index >= 15 is 0 Å². The van der Waals surface area contributed by atoms with E-state index in [0.29, 0.717) is 4.47 Å². The quantitative estimate of drug-likeness (QED) is 0.847. The van der Waals surface area contributed by atoms with E-state index in [1.165, 1.54) is 12.1 Å². The molecule has 3 N–H and O–H groups in total. The predicted octanol–water partition coefficient (Wildman–Crippen LogP) is 4.14. The van der Waals surface area contributed by atoms with Crippen LogP contribution in [0.1, 0.15) is 28.9 Å². The Hall–Kier alpha value is -2.02. The molecule has 1 atom stereocenters. The lowest BCUT2D eigenvalue weighted by Crippen LogP contribution is -2.18. The minimum atomic E-state index is -0.945. The second-order valence-corrected chi connectivity index (χ2v) is 5.62. The normalized spacial score (nSPS) is 12.0. The fraction of sp³-hybridized carbons (Fsp3) is 0.133. The molecule has 0 aliphatic carbocycles. The monoisotopic (exact) mass is 372 g/mol. The number of carbonyl (C=O) groups excluding carboxylic acids is 1. The van der Waals surface area contributed by atoms with Gasteiger partial charge in [0, 0.05) is 16.1 Å².